The Kier molecular flexibility index (Phi) is 6.95. The topological polar surface area (TPSA) is 84.2 Å². The first-order valence-electron chi connectivity index (χ1n) is 9.71. The van der Waals surface area contributed by atoms with Crippen molar-refractivity contribution in [1.29, 1.82) is 0 Å². The van der Waals surface area contributed by atoms with Crippen LogP contribution in [0.4, 0.5) is 5.69 Å². The number of carbonyl (C=O) groups excluding carboxylic acids is 2. The van der Waals surface area contributed by atoms with Crippen LogP contribution >= 0.6 is 11.8 Å². The lowest BCUT2D eigenvalue weighted by molar-refractivity contribution is 0.0942. The van der Waals surface area contributed by atoms with Gasteiger partial charge in [-0.1, -0.05) is 17.3 Å². The fourth-order valence-corrected chi connectivity index (χ4v) is 4.09. The summed E-state index contributed by atoms with van der Waals surface area (Å²) in [4.78, 5) is 25.8. The van der Waals surface area contributed by atoms with Crippen LogP contribution in [0, 0.1) is 13.8 Å². The van der Waals surface area contributed by atoms with Crippen LogP contribution in [0.2, 0.25) is 0 Å². The number of hydrogen-bond acceptors (Lipinski definition) is 5. The number of aromatic nitrogens is 1. The highest BCUT2D eigenvalue weighted by Gasteiger charge is 2.15. The number of nitrogens with zero attached hydrogens (tertiary/aromatic N) is 1. The molecule has 0 aliphatic carbocycles. The largest absolute Gasteiger partial charge is 0.361 e. The summed E-state index contributed by atoms with van der Waals surface area (Å²) in [6.45, 7) is 7.62. The van der Waals surface area contributed by atoms with Crippen molar-refractivity contribution in [2.24, 2.45) is 0 Å². The highest BCUT2D eigenvalue weighted by atomic mass is 32.2. The Balaban J connectivity index is 1.69. The summed E-state index contributed by atoms with van der Waals surface area (Å²) in [5, 5.41) is 9.73. The van der Waals surface area contributed by atoms with Gasteiger partial charge in [0.15, 0.2) is 0 Å². The monoisotopic (exact) mass is 423 g/mol. The summed E-state index contributed by atoms with van der Waals surface area (Å²) >= 11 is 1.57. The molecule has 3 rings (SSSR count). The van der Waals surface area contributed by atoms with Crippen molar-refractivity contribution in [2.45, 2.75) is 44.4 Å². The van der Waals surface area contributed by atoms with Gasteiger partial charge in [-0.15, -0.1) is 11.8 Å². The van der Waals surface area contributed by atoms with Gasteiger partial charge in [-0.2, -0.15) is 0 Å². The number of rotatable bonds is 7. The number of hydrogen-bond donors (Lipinski definition) is 2. The van der Waals surface area contributed by atoms with Crippen molar-refractivity contribution >= 4 is 29.3 Å². The zero-order chi connectivity index (χ0) is 21.7. The van der Waals surface area contributed by atoms with E-state index in [1.165, 1.54) is 0 Å². The molecule has 6 nitrogen and oxygen atoms in total. The Morgan fingerprint density at radius 2 is 1.73 bits per heavy atom. The van der Waals surface area contributed by atoms with Gasteiger partial charge >= 0.3 is 0 Å². The predicted molar refractivity (Wildman–Crippen MR) is 119 cm³/mol. The quantitative estimate of drug-likeness (QED) is 0.524. The molecule has 0 spiro atoms. The number of benzene rings is 2. The van der Waals surface area contributed by atoms with E-state index in [1.54, 1.807) is 42.1 Å². The molecule has 3 aromatic rings. The lowest BCUT2D eigenvalue weighted by Crippen LogP contribution is -2.30. The maximum absolute atomic E-state index is 12.9. The van der Waals surface area contributed by atoms with Gasteiger partial charge in [-0.25, -0.2) is 0 Å². The summed E-state index contributed by atoms with van der Waals surface area (Å²) in [5.41, 5.74) is 3.69. The van der Waals surface area contributed by atoms with E-state index in [4.69, 9.17) is 4.52 Å². The Hall–Kier alpha value is -3.06. The molecule has 0 aliphatic rings. The van der Waals surface area contributed by atoms with Gasteiger partial charge in [0, 0.05) is 33.5 Å². The van der Waals surface area contributed by atoms with Crippen LogP contribution in [0.1, 0.15) is 51.6 Å². The molecule has 0 saturated heterocycles. The average molecular weight is 424 g/mol. The normalized spacial score (nSPS) is 10.8. The van der Waals surface area contributed by atoms with Crippen LogP contribution < -0.4 is 10.6 Å². The molecule has 2 aromatic carbocycles. The van der Waals surface area contributed by atoms with E-state index in [0.717, 1.165) is 21.9 Å². The summed E-state index contributed by atoms with van der Waals surface area (Å²) < 4.78 is 5.22. The first-order chi connectivity index (χ1) is 14.3. The van der Waals surface area contributed by atoms with E-state index in [-0.39, 0.29) is 17.9 Å². The second-order valence-corrected chi connectivity index (χ2v) is 8.26. The molecule has 1 aromatic heterocycles. The average Bonchev–Trinajstić information content (AvgIpc) is 3.04. The van der Waals surface area contributed by atoms with Crippen LogP contribution in [-0.4, -0.2) is 23.0 Å². The second-order valence-electron chi connectivity index (χ2n) is 7.25. The lowest BCUT2D eigenvalue weighted by Gasteiger charge is -2.11. The van der Waals surface area contributed by atoms with Gasteiger partial charge < -0.3 is 15.2 Å². The summed E-state index contributed by atoms with van der Waals surface area (Å²) in [6.07, 6.45) is 0. The van der Waals surface area contributed by atoms with Crippen LogP contribution in [0.3, 0.4) is 0 Å². The van der Waals surface area contributed by atoms with Crippen molar-refractivity contribution < 1.29 is 14.1 Å². The van der Waals surface area contributed by atoms with Crippen molar-refractivity contribution in [3.8, 4) is 0 Å². The number of carbonyl (C=O) groups is 2. The minimum Gasteiger partial charge on any atom is -0.361 e. The summed E-state index contributed by atoms with van der Waals surface area (Å²) in [6, 6.07) is 14.4. The Morgan fingerprint density at radius 3 is 2.37 bits per heavy atom. The standard InChI is InChI=1S/C23H25N3O3S/c1-14(2)24-22(27)17-9-11-18(12-10-17)25-23(28)19-7-5-6-8-21(19)30-13-20-15(3)26-29-16(20)4/h5-12,14H,13H2,1-4H3,(H,24,27)(H,25,28). The third-order valence-electron chi connectivity index (χ3n) is 4.51. The van der Waals surface area contributed by atoms with E-state index in [1.807, 2.05) is 45.9 Å². The maximum Gasteiger partial charge on any atom is 0.256 e. The zero-order valence-corrected chi connectivity index (χ0v) is 18.3. The van der Waals surface area contributed by atoms with E-state index in [2.05, 4.69) is 15.8 Å². The SMILES string of the molecule is Cc1noc(C)c1CSc1ccccc1C(=O)Nc1ccc(C(=O)NC(C)C)cc1. The van der Waals surface area contributed by atoms with Crippen LogP contribution in [0.5, 0.6) is 0 Å². The minimum absolute atomic E-state index is 0.0660. The molecular weight excluding hydrogens is 398 g/mol. The lowest BCUT2D eigenvalue weighted by atomic mass is 10.1. The van der Waals surface area contributed by atoms with E-state index >= 15 is 0 Å². The third-order valence-corrected chi connectivity index (χ3v) is 5.61. The van der Waals surface area contributed by atoms with Gasteiger partial charge in [-0.05, 0) is 64.1 Å². The number of amides is 2. The van der Waals surface area contributed by atoms with Gasteiger partial charge in [0.05, 0.1) is 11.3 Å². The molecule has 0 aliphatic heterocycles. The minimum atomic E-state index is -0.198. The first kappa shape index (κ1) is 21.6. The van der Waals surface area contributed by atoms with Crippen molar-refractivity contribution in [3.63, 3.8) is 0 Å². The van der Waals surface area contributed by atoms with E-state index in [9.17, 15) is 9.59 Å². The van der Waals surface area contributed by atoms with Crippen molar-refractivity contribution in [1.82, 2.24) is 10.5 Å². The van der Waals surface area contributed by atoms with Gasteiger partial charge in [0.25, 0.3) is 11.8 Å². The fourth-order valence-electron chi connectivity index (χ4n) is 2.89. The molecule has 30 heavy (non-hydrogen) atoms. The van der Waals surface area contributed by atoms with E-state index in [0.29, 0.717) is 22.6 Å². The van der Waals surface area contributed by atoms with Crippen molar-refractivity contribution in [2.75, 3.05) is 5.32 Å². The Morgan fingerprint density at radius 1 is 1.03 bits per heavy atom. The molecule has 7 heteroatoms. The zero-order valence-electron chi connectivity index (χ0n) is 17.5. The molecule has 0 saturated carbocycles. The number of aryl methyl sites for hydroxylation is 2. The molecule has 0 bridgehead atoms. The smallest absolute Gasteiger partial charge is 0.256 e. The Labute approximate surface area is 180 Å². The van der Waals surface area contributed by atoms with Gasteiger partial charge in [0.1, 0.15) is 5.76 Å². The fraction of sp³-hybridized carbons (Fsp3) is 0.261. The highest BCUT2D eigenvalue weighted by molar-refractivity contribution is 7.98. The third kappa shape index (κ3) is 5.30. The van der Waals surface area contributed by atoms with Crippen LogP contribution in [0.25, 0.3) is 0 Å². The first-order valence-corrected chi connectivity index (χ1v) is 10.7. The van der Waals surface area contributed by atoms with E-state index < -0.39 is 0 Å². The molecule has 0 unspecified atom stereocenters. The highest BCUT2D eigenvalue weighted by Crippen LogP contribution is 2.29. The predicted octanol–water partition coefficient (Wildman–Crippen LogP) is 4.97. The maximum atomic E-state index is 12.9. The van der Waals surface area contributed by atoms with Crippen molar-refractivity contribution in [3.05, 3.63) is 76.7 Å². The Bertz CT molecular complexity index is 1020. The van der Waals surface area contributed by atoms with Crippen LogP contribution in [0.15, 0.2) is 57.9 Å². The molecule has 2 amide bonds. The molecule has 0 atom stereocenters. The molecule has 1 heterocycles. The molecule has 2 N–H and O–H groups in total. The number of thioether (sulfide) groups is 1. The number of nitrogens with one attached hydrogen (secondary N) is 2. The summed E-state index contributed by atoms with van der Waals surface area (Å²) in [5.74, 6) is 1.13. The summed E-state index contributed by atoms with van der Waals surface area (Å²) in [7, 11) is 0. The molecular formula is C23H25N3O3S. The van der Waals surface area contributed by atoms with Crippen LogP contribution in [-0.2, 0) is 5.75 Å². The van der Waals surface area contributed by atoms with Gasteiger partial charge in [-0.3, -0.25) is 9.59 Å². The molecule has 0 fully saturated rings. The molecule has 156 valence electrons. The number of anilines is 1. The van der Waals surface area contributed by atoms with Gasteiger partial charge in [0.2, 0.25) is 0 Å². The molecule has 0 radical (unpaired) electrons. The second kappa shape index (κ2) is 9.63.